The van der Waals surface area contributed by atoms with Crippen LogP contribution >= 0.6 is 11.3 Å². The maximum absolute atomic E-state index is 12.8. The summed E-state index contributed by atoms with van der Waals surface area (Å²) in [5, 5.41) is 13.6. The Labute approximate surface area is 195 Å². The molecule has 170 valence electrons. The first-order valence-electron chi connectivity index (χ1n) is 11.6. The van der Waals surface area contributed by atoms with Crippen molar-refractivity contribution in [2.24, 2.45) is 11.3 Å². The number of thiophene rings is 1. The molecule has 0 saturated carbocycles. The smallest absolute Gasteiger partial charge is 0.239 e. The van der Waals surface area contributed by atoms with Crippen molar-refractivity contribution in [3.8, 4) is 6.07 Å². The standard InChI is InChI=1S/C25H33N5OS/c1-4-25(2,3)18-8-9-19-20(16-26)24(32-21(19)15-18)28-23(31)17-29-11-13-30(14-12-29)22-7-5-6-10-27-22/h5-7,10,18H,4,8-9,11-15,17H2,1-3H3,(H,28,31). The third-order valence-corrected chi connectivity index (χ3v) is 8.53. The fraction of sp³-hybridized carbons (Fsp3) is 0.560. The van der Waals surface area contributed by atoms with E-state index < -0.39 is 0 Å². The van der Waals surface area contributed by atoms with Gasteiger partial charge in [0.25, 0.3) is 0 Å². The van der Waals surface area contributed by atoms with E-state index in [1.165, 1.54) is 10.4 Å². The molecule has 7 heteroatoms. The fourth-order valence-corrected chi connectivity index (χ4v) is 6.09. The normalized spacial score (nSPS) is 19.3. The number of nitrogens with zero attached hydrogens (tertiary/aromatic N) is 4. The van der Waals surface area contributed by atoms with Crippen LogP contribution in [0.2, 0.25) is 0 Å². The molecule has 1 atom stereocenters. The van der Waals surface area contributed by atoms with Crippen molar-refractivity contribution in [3.63, 3.8) is 0 Å². The molecule has 0 radical (unpaired) electrons. The minimum Gasteiger partial charge on any atom is -0.354 e. The number of nitrogens with one attached hydrogen (secondary N) is 1. The molecule has 0 aromatic carbocycles. The fourth-order valence-electron chi connectivity index (χ4n) is 4.79. The Bertz CT molecular complexity index is 986. The lowest BCUT2D eigenvalue weighted by Gasteiger charge is -2.36. The number of hydrogen-bond acceptors (Lipinski definition) is 6. The molecule has 1 fully saturated rings. The van der Waals surface area contributed by atoms with Crippen molar-refractivity contribution in [2.45, 2.75) is 46.5 Å². The largest absolute Gasteiger partial charge is 0.354 e. The molecule has 6 nitrogen and oxygen atoms in total. The highest BCUT2D eigenvalue weighted by molar-refractivity contribution is 7.16. The average molecular weight is 452 g/mol. The van der Waals surface area contributed by atoms with Crippen molar-refractivity contribution in [3.05, 3.63) is 40.4 Å². The topological polar surface area (TPSA) is 72.3 Å². The van der Waals surface area contributed by atoms with Crippen LogP contribution in [0.4, 0.5) is 10.8 Å². The average Bonchev–Trinajstić information content (AvgIpc) is 3.16. The van der Waals surface area contributed by atoms with Crippen LogP contribution in [0.3, 0.4) is 0 Å². The van der Waals surface area contributed by atoms with Gasteiger partial charge in [0.2, 0.25) is 5.91 Å². The molecule has 2 aromatic rings. The number of fused-ring (bicyclic) bond motifs is 1. The zero-order valence-corrected chi connectivity index (χ0v) is 20.2. The molecular weight excluding hydrogens is 418 g/mol. The Balaban J connectivity index is 1.36. The summed E-state index contributed by atoms with van der Waals surface area (Å²) in [6, 6.07) is 8.32. The summed E-state index contributed by atoms with van der Waals surface area (Å²) >= 11 is 1.62. The maximum atomic E-state index is 12.8. The Morgan fingerprint density at radius 2 is 2.09 bits per heavy atom. The van der Waals surface area contributed by atoms with Gasteiger partial charge < -0.3 is 10.2 Å². The van der Waals surface area contributed by atoms with Crippen molar-refractivity contribution >= 4 is 28.1 Å². The molecule has 4 rings (SSSR count). The van der Waals surface area contributed by atoms with Crippen LogP contribution in [0, 0.1) is 22.7 Å². The van der Waals surface area contributed by atoms with Gasteiger partial charge in [0, 0.05) is 37.3 Å². The first-order chi connectivity index (χ1) is 15.4. The van der Waals surface area contributed by atoms with Crippen molar-refractivity contribution in [1.82, 2.24) is 9.88 Å². The second-order valence-corrected chi connectivity index (χ2v) is 10.7. The molecule has 1 unspecified atom stereocenters. The first kappa shape index (κ1) is 22.8. The molecule has 0 spiro atoms. The number of anilines is 2. The zero-order valence-electron chi connectivity index (χ0n) is 19.4. The number of aromatic nitrogens is 1. The van der Waals surface area contributed by atoms with Gasteiger partial charge in [-0.1, -0.05) is 33.3 Å². The van der Waals surface area contributed by atoms with Gasteiger partial charge in [-0.15, -0.1) is 11.3 Å². The van der Waals surface area contributed by atoms with Gasteiger partial charge in [-0.2, -0.15) is 5.26 Å². The highest BCUT2D eigenvalue weighted by Gasteiger charge is 2.34. The Kier molecular flexibility index (Phi) is 6.82. The lowest BCUT2D eigenvalue weighted by Crippen LogP contribution is -2.48. The van der Waals surface area contributed by atoms with Crippen LogP contribution in [0.1, 0.15) is 49.6 Å². The van der Waals surface area contributed by atoms with E-state index in [2.05, 4.69) is 46.9 Å². The van der Waals surface area contributed by atoms with Gasteiger partial charge in [-0.25, -0.2) is 4.98 Å². The third kappa shape index (κ3) is 4.82. The number of pyridine rings is 1. The highest BCUT2D eigenvalue weighted by atomic mass is 32.1. The summed E-state index contributed by atoms with van der Waals surface area (Å²) in [6.45, 7) is 10.7. The van der Waals surface area contributed by atoms with E-state index >= 15 is 0 Å². The van der Waals surface area contributed by atoms with E-state index in [-0.39, 0.29) is 5.91 Å². The lowest BCUT2D eigenvalue weighted by molar-refractivity contribution is -0.117. The van der Waals surface area contributed by atoms with E-state index in [0.29, 0.717) is 23.4 Å². The molecular formula is C25H33N5OS. The van der Waals surface area contributed by atoms with Gasteiger partial charge in [0.15, 0.2) is 0 Å². The van der Waals surface area contributed by atoms with E-state index in [4.69, 9.17) is 0 Å². The molecule has 1 N–H and O–H groups in total. The summed E-state index contributed by atoms with van der Waals surface area (Å²) in [4.78, 5) is 22.9. The number of rotatable bonds is 6. The van der Waals surface area contributed by atoms with Crippen LogP contribution < -0.4 is 10.2 Å². The molecule has 1 amide bonds. The van der Waals surface area contributed by atoms with Gasteiger partial charge in [0.05, 0.1) is 12.1 Å². The molecule has 2 aromatic heterocycles. The Morgan fingerprint density at radius 3 is 2.75 bits per heavy atom. The van der Waals surface area contributed by atoms with Crippen molar-refractivity contribution in [2.75, 3.05) is 42.9 Å². The maximum Gasteiger partial charge on any atom is 0.239 e. The van der Waals surface area contributed by atoms with Gasteiger partial charge in [0.1, 0.15) is 16.9 Å². The van der Waals surface area contributed by atoms with E-state index in [1.54, 1.807) is 11.3 Å². The van der Waals surface area contributed by atoms with Crippen LogP contribution in [0.15, 0.2) is 24.4 Å². The Morgan fingerprint density at radius 1 is 1.31 bits per heavy atom. The monoisotopic (exact) mass is 451 g/mol. The summed E-state index contributed by atoms with van der Waals surface area (Å²) < 4.78 is 0. The van der Waals surface area contributed by atoms with Crippen LogP contribution in [-0.4, -0.2) is 48.5 Å². The molecule has 3 heterocycles. The van der Waals surface area contributed by atoms with E-state index in [1.807, 2.05) is 24.4 Å². The first-order valence-corrected chi connectivity index (χ1v) is 12.5. The molecule has 1 aliphatic carbocycles. The minimum absolute atomic E-state index is 0.0307. The molecule has 1 aliphatic heterocycles. The van der Waals surface area contributed by atoms with Crippen LogP contribution in [-0.2, 0) is 17.6 Å². The minimum atomic E-state index is -0.0307. The quantitative estimate of drug-likeness (QED) is 0.708. The SMILES string of the molecule is CCC(C)(C)C1CCc2c(sc(NC(=O)CN3CCN(c4ccccn4)CC3)c2C#N)C1. The number of hydrogen-bond donors (Lipinski definition) is 1. The predicted molar refractivity (Wildman–Crippen MR) is 130 cm³/mol. The molecule has 2 aliphatic rings. The van der Waals surface area contributed by atoms with E-state index in [9.17, 15) is 10.1 Å². The number of amides is 1. The highest BCUT2D eigenvalue weighted by Crippen LogP contribution is 2.45. The van der Waals surface area contributed by atoms with Gasteiger partial charge in [-0.05, 0) is 48.3 Å². The number of carbonyl (C=O) groups excluding carboxylic acids is 1. The second kappa shape index (κ2) is 9.60. The summed E-state index contributed by atoms with van der Waals surface area (Å²) in [5.74, 6) is 1.59. The molecule has 1 saturated heterocycles. The van der Waals surface area contributed by atoms with Gasteiger partial charge in [-0.3, -0.25) is 9.69 Å². The number of nitriles is 1. The summed E-state index contributed by atoms with van der Waals surface area (Å²) in [5.41, 5.74) is 2.15. The summed E-state index contributed by atoms with van der Waals surface area (Å²) in [7, 11) is 0. The van der Waals surface area contributed by atoms with Crippen molar-refractivity contribution in [1.29, 1.82) is 5.26 Å². The molecule has 0 bridgehead atoms. The van der Waals surface area contributed by atoms with Crippen molar-refractivity contribution < 1.29 is 4.79 Å². The molecule has 32 heavy (non-hydrogen) atoms. The van der Waals surface area contributed by atoms with Gasteiger partial charge >= 0.3 is 0 Å². The predicted octanol–water partition coefficient (Wildman–Crippen LogP) is 4.32. The van der Waals surface area contributed by atoms with Crippen LogP contribution in [0.25, 0.3) is 0 Å². The summed E-state index contributed by atoms with van der Waals surface area (Å²) in [6.07, 6.45) is 6.04. The third-order valence-electron chi connectivity index (χ3n) is 7.36. The van der Waals surface area contributed by atoms with Crippen LogP contribution in [0.5, 0.6) is 0 Å². The zero-order chi connectivity index (χ0) is 22.7. The Hall–Kier alpha value is -2.43. The lowest BCUT2D eigenvalue weighted by atomic mass is 9.69. The number of carbonyl (C=O) groups is 1. The number of piperazine rings is 1. The van der Waals surface area contributed by atoms with E-state index in [0.717, 1.165) is 62.7 Å². The second-order valence-electron chi connectivity index (χ2n) is 9.60.